The molecule has 1 fully saturated rings. The van der Waals surface area contributed by atoms with Crippen molar-refractivity contribution in [2.24, 2.45) is 0 Å². The zero-order chi connectivity index (χ0) is 12.0. The highest BCUT2D eigenvalue weighted by atomic mass is 35.5. The Morgan fingerprint density at radius 1 is 1.50 bits per heavy atom. The minimum absolute atomic E-state index is 0.241. The van der Waals surface area contributed by atoms with Gasteiger partial charge in [-0.15, -0.1) is 11.6 Å². The Bertz CT molecular complexity index is 190. The third kappa shape index (κ3) is 5.00. The van der Waals surface area contributed by atoms with Gasteiger partial charge >= 0.3 is 0 Å². The van der Waals surface area contributed by atoms with Crippen molar-refractivity contribution in [1.29, 1.82) is 0 Å². The van der Waals surface area contributed by atoms with E-state index in [1.54, 1.807) is 0 Å². The van der Waals surface area contributed by atoms with Crippen LogP contribution in [0.5, 0.6) is 0 Å². The van der Waals surface area contributed by atoms with Crippen LogP contribution >= 0.6 is 11.6 Å². The molecule has 0 bridgehead atoms. The van der Waals surface area contributed by atoms with Crippen LogP contribution in [0.15, 0.2) is 0 Å². The van der Waals surface area contributed by atoms with Gasteiger partial charge in [-0.2, -0.15) is 0 Å². The van der Waals surface area contributed by atoms with Crippen molar-refractivity contribution < 1.29 is 4.74 Å². The molecule has 3 nitrogen and oxygen atoms in total. The van der Waals surface area contributed by atoms with Crippen LogP contribution in [0.3, 0.4) is 0 Å². The van der Waals surface area contributed by atoms with Crippen LogP contribution in [0.25, 0.3) is 0 Å². The number of alkyl halides is 1. The van der Waals surface area contributed by atoms with Gasteiger partial charge in [-0.05, 0) is 20.3 Å². The van der Waals surface area contributed by atoms with Crippen LogP contribution in [0.2, 0.25) is 0 Å². The Kier molecular flexibility index (Phi) is 6.66. The maximum atomic E-state index is 6.05. The van der Waals surface area contributed by atoms with E-state index in [2.05, 4.69) is 31.0 Å². The number of hydrogen-bond acceptors (Lipinski definition) is 3. The molecule has 1 N–H and O–H groups in total. The molecule has 2 atom stereocenters. The van der Waals surface area contributed by atoms with Gasteiger partial charge in [0, 0.05) is 37.6 Å². The highest BCUT2D eigenvalue weighted by Crippen LogP contribution is 2.08. The lowest BCUT2D eigenvalue weighted by atomic mass is 10.2. The van der Waals surface area contributed by atoms with Gasteiger partial charge < -0.3 is 10.1 Å². The molecule has 1 aliphatic rings. The Labute approximate surface area is 104 Å². The number of nitrogens with one attached hydrogen (secondary N) is 1. The SMILES string of the molecule is CCC(Cl)CNCC1CN(C(C)C)CCO1. The standard InChI is InChI=1S/C12H25ClN2O/c1-4-11(13)7-14-8-12-9-15(10(2)3)5-6-16-12/h10-12,14H,4-9H2,1-3H3. The summed E-state index contributed by atoms with van der Waals surface area (Å²) < 4.78 is 5.73. The predicted octanol–water partition coefficient (Wildman–Crippen LogP) is 1.70. The Morgan fingerprint density at radius 2 is 2.25 bits per heavy atom. The van der Waals surface area contributed by atoms with E-state index in [0.717, 1.165) is 39.2 Å². The number of halogens is 1. The van der Waals surface area contributed by atoms with Crippen molar-refractivity contribution in [3.05, 3.63) is 0 Å². The molecule has 0 amide bonds. The highest BCUT2D eigenvalue weighted by molar-refractivity contribution is 6.20. The monoisotopic (exact) mass is 248 g/mol. The first kappa shape index (κ1) is 14.2. The number of morpholine rings is 1. The molecule has 1 rings (SSSR count). The van der Waals surface area contributed by atoms with Gasteiger partial charge in [0.05, 0.1) is 12.7 Å². The van der Waals surface area contributed by atoms with E-state index >= 15 is 0 Å². The molecule has 1 heterocycles. The molecule has 96 valence electrons. The summed E-state index contributed by atoms with van der Waals surface area (Å²) in [5, 5.41) is 3.62. The molecular formula is C12H25ClN2O. The third-order valence-corrected chi connectivity index (χ3v) is 3.54. The van der Waals surface area contributed by atoms with Crippen molar-refractivity contribution >= 4 is 11.6 Å². The normalized spacial score (nSPS) is 24.9. The molecule has 0 spiro atoms. The smallest absolute Gasteiger partial charge is 0.0826 e. The van der Waals surface area contributed by atoms with Crippen LogP contribution in [0, 0.1) is 0 Å². The summed E-state index contributed by atoms with van der Waals surface area (Å²) in [5.41, 5.74) is 0. The second-order valence-corrected chi connectivity index (χ2v) is 5.36. The second-order valence-electron chi connectivity index (χ2n) is 4.75. The van der Waals surface area contributed by atoms with Gasteiger partial charge in [-0.1, -0.05) is 6.92 Å². The van der Waals surface area contributed by atoms with Crippen molar-refractivity contribution in [2.75, 3.05) is 32.8 Å². The average molecular weight is 249 g/mol. The lowest BCUT2D eigenvalue weighted by Crippen LogP contribution is -2.49. The summed E-state index contributed by atoms with van der Waals surface area (Å²) >= 11 is 6.05. The van der Waals surface area contributed by atoms with Crippen LogP contribution < -0.4 is 5.32 Å². The average Bonchev–Trinajstić information content (AvgIpc) is 2.29. The Balaban J connectivity index is 2.17. The van der Waals surface area contributed by atoms with E-state index in [9.17, 15) is 0 Å². The second kappa shape index (κ2) is 7.49. The Hall–Kier alpha value is 0.170. The fraction of sp³-hybridized carbons (Fsp3) is 1.00. The molecule has 4 heteroatoms. The van der Waals surface area contributed by atoms with Crippen LogP contribution in [-0.4, -0.2) is 55.2 Å². The summed E-state index contributed by atoms with van der Waals surface area (Å²) in [5.74, 6) is 0. The minimum Gasteiger partial charge on any atom is -0.374 e. The molecule has 0 aromatic rings. The van der Waals surface area contributed by atoms with Crippen molar-refractivity contribution in [3.63, 3.8) is 0 Å². The van der Waals surface area contributed by atoms with E-state index in [1.807, 2.05) is 0 Å². The summed E-state index contributed by atoms with van der Waals surface area (Å²) in [6.45, 7) is 11.3. The number of nitrogens with zero attached hydrogens (tertiary/aromatic N) is 1. The maximum absolute atomic E-state index is 6.05. The fourth-order valence-electron chi connectivity index (χ4n) is 1.88. The van der Waals surface area contributed by atoms with Gasteiger partial charge in [0.2, 0.25) is 0 Å². The number of rotatable bonds is 6. The van der Waals surface area contributed by atoms with Crippen LogP contribution in [0.4, 0.5) is 0 Å². The first-order chi connectivity index (χ1) is 7.63. The minimum atomic E-state index is 0.241. The molecule has 2 unspecified atom stereocenters. The summed E-state index contributed by atoms with van der Waals surface area (Å²) in [7, 11) is 0. The third-order valence-electron chi connectivity index (χ3n) is 3.08. The zero-order valence-electron chi connectivity index (χ0n) is 10.7. The lowest BCUT2D eigenvalue weighted by molar-refractivity contribution is -0.0370. The van der Waals surface area contributed by atoms with Gasteiger partial charge in [-0.3, -0.25) is 4.90 Å². The van der Waals surface area contributed by atoms with E-state index in [1.165, 1.54) is 0 Å². The first-order valence-electron chi connectivity index (χ1n) is 6.34. The van der Waals surface area contributed by atoms with Gasteiger partial charge in [0.25, 0.3) is 0 Å². The summed E-state index contributed by atoms with van der Waals surface area (Å²) in [6, 6.07) is 0.614. The lowest BCUT2D eigenvalue weighted by Gasteiger charge is -2.35. The molecular weight excluding hydrogens is 224 g/mol. The number of hydrogen-bond donors (Lipinski definition) is 1. The molecule has 0 saturated carbocycles. The summed E-state index contributed by atoms with van der Waals surface area (Å²) in [4.78, 5) is 2.47. The molecule has 0 aromatic heterocycles. The maximum Gasteiger partial charge on any atom is 0.0826 e. The highest BCUT2D eigenvalue weighted by Gasteiger charge is 2.21. The quantitative estimate of drug-likeness (QED) is 0.725. The van der Waals surface area contributed by atoms with Crippen molar-refractivity contribution in [1.82, 2.24) is 10.2 Å². The van der Waals surface area contributed by atoms with Crippen LogP contribution in [-0.2, 0) is 4.74 Å². The molecule has 1 saturated heterocycles. The largest absolute Gasteiger partial charge is 0.374 e. The first-order valence-corrected chi connectivity index (χ1v) is 6.77. The topological polar surface area (TPSA) is 24.5 Å². The predicted molar refractivity (Wildman–Crippen MR) is 69.3 cm³/mol. The van der Waals surface area contributed by atoms with E-state index in [4.69, 9.17) is 16.3 Å². The van der Waals surface area contributed by atoms with Crippen LogP contribution in [0.1, 0.15) is 27.2 Å². The van der Waals surface area contributed by atoms with Gasteiger partial charge in [-0.25, -0.2) is 0 Å². The molecule has 0 aliphatic carbocycles. The van der Waals surface area contributed by atoms with E-state index < -0.39 is 0 Å². The molecule has 1 aliphatic heterocycles. The number of ether oxygens (including phenoxy) is 1. The fourth-order valence-corrected chi connectivity index (χ4v) is 1.99. The molecule has 0 aromatic carbocycles. The zero-order valence-corrected chi connectivity index (χ0v) is 11.5. The Morgan fingerprint density at radius 3 is 2.88 bits per heavy atom. The van der Waals surface area contributed by atoms with Gasteiger partial charge in [0.15, 0.2) is 0 Å². The van der Waals surface area contributed by atoms with E-state index in [-0.39, 0.29) is 5.38 Å². The van der Waals surface area contributed by atoms with Crippen molar-refractivity contribution in [2.45, 2.75) is 44.7 Å². The molecule has 16 heavy (non-hydrogen) atoms. The summed E-state index contributed by atoms with van der Waals surface area (Å²) in [6.07, 6.45) is 1.33. The van der Waals surface area contributed by atoms with Crippen molar-refractivity contribution in [3.8, 4) is 0 Å². The van der Waals surface area contributed by atoms with Gasteiger partial charge in [0.1, 0.15) is 0 Å². The molecule has 0 radical (unpaired) electrons. The van der Waals surface area contributed by atoms with E-state index in [0.29, 0.717) is 12.1 Å².